The molecule has 5 nitrogen and oxygen atoms in total. The Balaban J connectivity index is 2.35. The van der Waals surface area contributed by atoms with Crippen molar-refractivity contribution in [2.45, 2.75) is 18.6 Å². The predicted octanol–water partition coefficient (Wildman–Crippen LogP) is 1.68. The van der Waals surface area contributed by atoms with E-state index in [-0.39, 0.29) is 18.9 Å². The van der Waals surface area contributed by atoms with Gasteiger partial charge in [0.2, 0.25) is 15.0 Å². The average molecular weight is 304 g/mol. The van der Waals surface area contributed by atoms with Crippen LogP contribution < -0.4 is 9.64 Å². The number of rotatable bonds is 3. The van der Waals surface area contributed by atoms with Gasteiger partial charge in [0.25, 0.3) is 0 Å². The number of amides is 1. The van der Waals surface area contributed by atoms with E-state index in [0.29, 0.717) is 11.4 Å². The minimum absolute atomic E-state index is 0.0809. The summed E-state index contributed by atoms with van der Waals surface area (Å²) < 4.78 is 27.8. The van der Waals surface area contributed by atoms with Crippen molar-refractivity contribution in [1.29, 1.82) is 0 Å². The van der Waals surface area contributed by atoms with Crippen LogP contribution in [0.3, 0.4) is 0 Å². The van der Waals surface area contributed by atoms with Gasteiger partial charge in [-0.25, -0.2) is 8.42 Å². The SMILES string of the molecule is COc1ccc(C)c(N2CC(S(=O)(=O)Cl)CC2=O)c1. The van der Waals surface area contributed by atoms with E-state index in [1.807, 2.05) is 13.0 Å². The van der Waals surface area contributed by atoms with Crippen molar-refractivity contribution in [3.63, 3.8) is 0 Å². The van der Waals surface area contributed by atoms with Crippen LogP contribution in [0.25, 0.3) is 0 Å². The van der Waals surface area contributed by atoms with E-state index in [1.165, 1.54) is 12.0 Å². The maximum Gasteiger partial charge on any atom is 0.237 e. The van der Waals surface area contributed by atoms with Gasteiger partial charge in [0.1, 0.15) is 11.0 Å². The number of hydrogen-bond acceptors (Lipinski definition) is 4. The fraction of sp³-hybridized carbons (Fsp3) is 0.417. The molecule has 1 saturated heterocycles. The molecule has 104 valence electrons. The van der Waals surface area contributed by atoms with Crippen molar-refractivity contribution in [2.75, 3.05) is 18.6 Å². The lowest BCUT2D eigenvalue weighted by atomic mass is 10.1. The number of hydrogen-bond donors (Lipinski definition) is 0. The molecule has 0 aromatic heterocycles. The quantitative estimate of drug-likeness (QED) is 0.797. The summed E-state index contributed by atoms with van der Waals surface area (Å²) in [5.74, 6) is 0.371. The second-order valence-corrected chi connectivity index (χ2v) is 7.37. The van der Waals surface area contributed by atoms with Crippen molar-refractivity contribution >= 4 is 31.3 Å². The minimum atomic E-state index is -3.73. The number of ether oxygens (including phenoxy) is 1. The molecule has 0 saturated carbocycles. The van der Waals surface area contributed by atoms with Crippen LogP contribution in [0.5, 0.6) is 5.75 Å². The van der Waals surface area contributed by atoms with Gasteiger partial charge < -0.3 is 9.64 Å². The molecule has 7 heteroatoms. The summed E-state index contributed by atoms with van der Waals surface area (Å²) in [5, 5.41) is -0.854. The lowest BCUT2D eigenvalue weighted by Crippen LogP contribution is -2.27. The fourth-order valence-corrected chi connectivity index (χ4v) is 3.13. The van der Waals surface area contributed by atoms with Crippen molar-refractivity contribution in [1.82, 2.24) is 0 Å². The highest BCUT2D eigenvalue weighted by atomic mass is 35.7. The van der Waals surface area contributed by atoms with Crippen LogP contribution in [0.4, 0.5) is 5.69 Å². The standard InChI is InChI=1S/C12H14ClNO4S/c1-8-3-4-9(18-2)5-11(8)14-7-10(6-12(14)15)19(13,16)17/h3-5,10H,6-7H2,1-2H3. The van der Waals surface area contributed by atoms with E-state index in [0.717, 1.165) is 5.56 Å². The Bertz CT molecular complexity index is 614. The Morgan fingerprint density at radius 2 is 2.11 bits per heavy atom. The van der Waals surface area contributed by atoms with Crippen LogP contribution in [0.15, 0.2) is 18.2 Å². The van der Waals surface area contributed by atoms with E-state index < -0.39 is 14.3 Å². The van der Waals surface area contributed by atoms with Crippen molar-refractivity contribution < 1.29 is 17.9 Å². The molecular weight excluding hydrogens is 290 g/mol. The normalized spacial score (nSPS) is 19.8. The second-order valence-electron chi connectivity index (χ2n) is 4.46. The molecule has 0 aliphatic carbocycles. The number of benzene rings is 1. The third-order valence-corrected chi connectivity index (χ3v) is 5.06. The maximum atomic E-state index is 11.9. The second kappa shape index (κ2) is 5.02. The highest BCUT2D eigenvalue weighted by Gasteiger charge is 2.38. The van der Waals surface area contributed by atoms with Crippen LogP contribution >= 0.6 is 10.7 Å². The Morgan fingerprint density at radius 3 is 2.63 bits per heavy atom. The molecule has 1 heterocycles. The molecule has 19 heavy (non-hydrogen) atoms. The third-order valence-electron chi connectivity index (χ3n) is 3.19. The van der Waals surface area contributed by atoms with Gasteiger partial charge in [-0.15, -0.1) is 0 Å². The topological polar surface area (TPSA) is 63.7 Å². The zero-order valence-corrected chi connectivity index (χ0v) is 12.2. The monoisotopic (exact) mass is 303 g/mol. The van der Waals surface area contributed by atoms with E-state index in [4.69, 9.17) is 15.4 Å². The van der Waals surface area contributed by atoms with E-state index >= 15 is 0 Å². The summed E-state index contributed by atoms with van der Waals surface area (Å²) in [6.07, 6.45) is -0.0809. The smallest absolute Gasteiger partial charge is 0.237 e. The van der Waals surface area contributed by atoms with Gasteiger partial charge >= 0.3 is 0 Å². The predicted molar refractivity (Wildman–Crippen MR) is 73.3 cm³/mol. The summed E-state index contributed by atoms with van der Waals surface area (Å²) in [6.45, 7) is 1.93. The Morgan fingerprint density at radius 1 is 1.42 bits per heavy atom. The molecule has 1 aliphatic rings. The van der Waals surface area contributed by atoms with Gasteiger partial charge in [-0.3, -0.25) is 4.79 Å². The molecule has 1 amide bonds. The number of halogens is 1. The van der Waals surface area contributed by atoms with Gasteiger partial charge in [-0.1, -0.05) is 6.07 Å². The van der Waals surface area contributed by atoms with Crippen LogP contribution in [0.2, 0.25) is 0 Å². The molecule has 0 bridgehead atoms. The van der Waals surface area contributed by atoms with E-state index in [1.54, 1.807) is 12.1 Å². The first-order valence-corrected chi connectivity index (χ1v) is 8.08. The molecule has 1 aromatic carbocycles. The number of carbonyl (C=O) groups excluding carboxylic acids is 1. The molecule has 1 atom stereocenters. The molecule has 2 rings (SSSR count). The van der Waals surface area contributed by atoms with Gasteiger partial charge in [0.15, 0.2) is 0 Å². The van der Waals surface area contributed by atoms with Crippen molar-refractivity contribution in [3.05, 3.63) is 23.8 Å². The van der Waals surface area contributed by atoms with Crippen LogP contribution in [-0.4, -0.2) is 33.2 Å². The van der Waals surface area contributed by atoms with Gasteiger partial charge in [0.05, 0.1) is 12.8 Å². The molecule has 1 aromatic rings. The molecule has 1 unspecified atom stereocenters. The summed E-state index contributed by atoms with van der Waals surface area (Å²) in [5.41, 5.74) is 1.54. The van der Waals surface area contributed by atoms with Crippen LogP contribution in [0, 0.1) is 6.92 Å². The molecule has 0 spiro atoms. The highest BCUT2D eigenvalue weighted by molar-refractivity contribution is 8.14. The third kappa shape index (κ3) is 2.84. The lowest BCUT2D eigenvalue weighted by Gasteiger charge is -2.19. The Labute approximate surface area is 116 Å². The first-order valence-electron chi connectivity index (χ1n) is 5.71. The molecule has 0 radical (unpaired) electrons. The average Bonchev–Trinajstić information content (AvgIpc) is 2.72. The largest absolute Gasteiger partial charge is 0.497 e. The zero-order chi connectivity index (χ0) is 14.2. The zero-order valence-electron chi connectivity index (χ0n) is 10.6. The molecule has 1 aliphatic heterocycles. The molecular formula is C12H14ClNO4S. The number of nitrogens with zero attached hydrogens (tertiary/aromatic N) is 1. The van der Waals surface area contributed by atoms with Gasteiger partial charge in [-0.05, 0) is 18.6 Å². The van der Waals surface area contributed by atoms with E-state index in [9.17, 15) is 13.2 Å². The number of aryl methyl sites for hydroxylation is 1. The maximum absolute atomic E-state index is 11.9. The summed E-state index contributed by atoms with van der Waals surface area (Å²) in [4.78, 5) is 13.4. The van der Waals surface area contributed by atoms with Gasteiger partial charge in [-0.2, -0.15) is 0 Å². The molecule has 0 N–H and O–H groups in total. The Kier molecular flexibility index (Phi) is 3.73. The van der Waals surface area contributed by atoms with Crippen molar-refractivity contribution in [3.8, 4) is 5.75 Å². The van der Waals surface area contributed by atoms with Crippen LogP contribution in [-0.2, 0) is 13.8 Å². The lowest BCUT2D eigenvalue weighted by molar-refractivity contribution is -0.117. The summed E-state index contributed by atoms with van der Waals surface area (Å²) in [6, 6.07) is 5.33. The first-order chi connectivity index (χ1) is 8.82. The number of anilines is 1. The highest BCUT2D eigenvalue weighted by Crippen LogP contribution is 2.31. The number of carbonyl (C=O) groups is 1. The first kappa shape index (κ1) is 14.1. The summed E-state index contributed by atoms with van der Waals surface area (Å²) >= 11 is 0. The van der Waals surface area contributed by atoms with E-state index in [2.05, 4.69) is 0 Å². The minimum Gasteiger partial charge on any atom is -0.497 e. The summed E-state index contributed by atoms with van der Waals surface area (Å²) in [7, 11) is 3.13. The number of methoxy groups -OCH3 is 1. The van der Waals surface area contributed by atoms with Gasteiger partial charge in [0, 0.05) is 29.7 Å². The fourth-order valence-electron chi connectivity index (χ4n) is 2.10. The van der Waals surface area contributed by atoms with Crippen LogP contribution in [0.1, 0.15) is 12.0 Å². The Hall–Kier alpha value is -1.27. The van der Waals surface area contributed by atoms with Crippen molar-refractivity contribution in [2.24, 2.45) is 0 Å². The molecule has 1 fully saturated rings.